The van der Waals surface area contributed by atoms with E-state index in [1.165, 1.54) is 5.56 Å². The molecule has 0 bridgehead atoms. The first-order valence-electron chi connectivity index (χ1n) is 5.61. The van der Waals surface area contributed by atoms with Gasteiger partial charge in [-0.1, -0.05) is 22.9 Å². The van der Waals surface area contributed by atoms with Crippen LogP contribution >= 0.6 is 11.8 Å². The van der Waals surface area contributed by atoms with E-state index in [9.17, 15) is 8.42 Å². The fourth-order valence-corrected chi connectivity index (χ4v) is 2.93. The van der Waals surface area contributed by atoms with E-state index in [4.69, 9.17) is 4.52 Å². The highest BCUT2D eigenvalue weighted by Crippen LogP contribution is 2.22. The van der Waals surface area contributed by atoms with Crippen LogP contribution in [-0.4, -0.2) is 24.8 Å². The molecule has 1 aromatic heterocycles. The van der Waals surface area contributed by atoms with Gasteiger partial charge in [0.05, 0.1) is 5.75 Å². The van der Waals surface area contributed by atoms with Crippen LogP contribution in [0.4, 0.5) is 0 Å². The molecule has 19 heavy (non-hydrogen) atoms. The summed E-state index contributed by atoms with van der Waals surface area (Å²) in [5, 5.41) is 3.65. The van der Waals surface area contributed by atoms with Gasteiger partial charge in [0.15, 0.2) is 15.7 Å². The number of aryl methyl sites for hydroxylation is 1. The normalized spacial score (nSPS) is 11.7. The summed E-state index contributed by atoms with van der Waals surface area (Å²) in [6.07, 6.45) is 1.14. The molecule has 0 unspecified atom stereocenters. The molecule has 2 aromatic rings. The first-order valence-corrected chi connectivity index (χ1v) is 8.66. The number of aromatic nitrogens is 2. The molecule has 2 rings (SSSR count). The number of rotatable bonds is 5. The summed E-state index contributed by atoms with van der Waals surface area (Å²) in [6.45, 7) is 2.03. The predicted molar refractivity (Wildman–Crippen MR) is 73.6 cm³/mol. The molecule has 0 aliphatic heterocycles. The largest absolute Gasteiger partial charge is 0.338 e. The standard InChI is InChI=1S/C12H14N2O3S2/c1-9-4-3-5-10(6-9)18-7-12-13-11(14-17-12)8-19(2,15)16/h3-6H,7-8H2,1-2H3. The zero-order valence-corrected chi connectivity index (χ0v) is 12.3. The Morgan fingerprint density at radius 1 is 1.37 bits per heavy atom. The van der Waals surface area contributed by atoms with Crippen LogP contribution in [0.5, 0.6) is 0 Å². The molecule has 102 valence electrons. The maximum atomic E-state index is 11.1. The smallest absolute Gasteiger partial charge is 0.237 e. The average Bonchev–Trinajstić information content (AvgIpc) is 2.72. The molecule has 0 radical (unpaired) electrons. The maximum Gasteiger partial charge on any atom is 0.237 e. The summed E-state index contributed by atoms with van der Waals surface area (Å²) >= 11 is 1.57. The van der Waals surface area contributed by atoms with Crippen molar-refractivity contribution in [2.24, 2.45) is 0 Å². The molecule has 0 amide bonds. The number of benzene rings is 1. The van der Waals surface area contributed by atoms with Gasteiger partial charge in [0, 0.05) is 11.2 Å². The van der Waals surface area contributed by atoms with Crippen molar-refractivity contribution >= 4 is 21.6 Å². The Bertz CT molecular complexity index is 665. The van der Waals surface area contributed by atoms with E-state index in [0.717, 1.165) is 11.2 Å². The summed E-state index contributed by atoms with van der Waals surface area (Å²) in [7, 11) is -3.13. The Labute approximate surface area is 116 Å². The van der Waals surface area contributed by atoms with E-state index in [-0.39, 0.29) is 11.6 Å². The Morgan fingerprint density at radius 3 is 2.84 bits per heavy atom. The maximum absolute atomic E-state index is 11.1. The number of hydrogen-bond acceptors (Lipinski definition) is 6. The molecule has 0 atom stereocenters. The van der Waals surface area contributed by atoms with Crippen LogP contribution in [0.3, 0.4) is 0 Å². The van der Waals surface area contributed by atoms with Crippen LogP contribution in [0, 0.1) is 6.92 Å². The molecule has 0 aliphatic carbocycles. The topological polar surface area (TPSA) is 73.1 Å². The zero-order chi connectivity index (χ0) is 13.9. The monoisotopic (exact) mass is 298 g/mol. The quantitative estimate of drug-likeness (QED) is 0.788. The average molecular weight is 298 g/mol. The lowest BCUT2D eigenvalue weighted by Gasteiger charge is -1.99. The van der Waals surface area contributed by atoms with E-state index in [0.29, 0.717) is 11.6 Å². The fraction of sp³-hybridized carbons (Fsp3) is 0.333. The lowest BCUT2D eigenvalue weighted by atomic mass is 10.2. The van der Waals surface area contributed by atoms with Crippen LogP contribution < -0.4 is 0 Å². The second kappa shape index (κ2) is 5.75. The molecule has 0 saturated heterocycles. The van der Waals surface area contributed by atoms with Crippen LogP contribution in [-0.2, 0) is 21.3 Å². The van der Waals surface area contributed by atoms with Gasteiger partial charge in [-0.05, 0) is 19.1 Å². The molecule has 0 N–H and O–H groups in total. The van der Waals surface area contributed by atoms with Crippen molar-refractivity contribution in [3.63, 3.8) is 0 Å². The molecule has 0 saturated carbocycles. The van der Waals surface area contributed by atoms with Crippen LogP contribution in [0.1, 0.15) is 17.3 Å². The number of hydrogen-bond donors (Lipinski definition) is 0. The van der Waals surface area contributed by atoms with Crippen molar-refractivity contribution in [3.05, 3.63) is 41.5 Å². The van der Waals surface area contributed by atoms with Gasteiger partial charge in [-0.2, -0.15) is 4.98 Å². The van der Waals surface area contributed by atoms with E-state index in [2.05, 4.69) is 16.2 Å². The number of nitrogens with zero attached hydrogens (tertiary/aromatic N) is 2. The van der Waals surface area contributed by atoms with Gasteiger partial charge in [0.1, 0.15) is 5.75 Å². The van der Waals surface area contributed by atoms with E-state index in [1.807, 2.05) is 25.1 Å². The van der Waals surface area contributed by atoms with Crippen LogP contribution in [0.15, 0.2) is 33.7 Å². The minimum atomic E-state index is -3.13. The first kappa shape index (κ1) is 14.1. The van der Waals surface area contributed by atoms with Gasteiger partial charge in [0.25, 0.3) is 0 Å². The third kappa shape index (κ3) is 4.68. The van der Waals surface area contributed by atoms with E-state index < -0.39 is 9.84 Å². The van der Waals surface area contributed by atoms with Crippen molar-refractivity contribution in [2.75, 3.05) is 6.26 Å². The van der Waals surface area contributed by atoms with Crippen molar-refractivity contribution in [1.29, 1.82) is 0 Å². The Balaban J connectivity index is 1.97. The van der Waals surface area contributed by atoms with Crippen LogP contribution in [0.25, 0.3) is 0 Å². The van der Waals surface area contributed by atoms with Crippen LogP contribution in [0.2, 0.25) is 0 Å². The van der Waals surface area contributed by atoms with Gasteiger partial charge in [-0.3, -0.25) is 0 Å². The lowest BCUT2D eigenvalue weighted by Crippen LogP contribution is -2.02. The summed E-state index contributed by atoms with van der Waals surface area (Å²) in [5.41, 5.74) is 1.19. The van der Waals surface area contributed by atoms with Crippen molar-refractivity contribution in [2.45, 2.75) is 23.3 Å². The fourth-order valence-electron chi connectivity index (χ4n) is 1.49. The Morgan fingerprint density at radius 2 is 2.16 bits per heavy atom. The molecule has 0 fully saturated rings. The third-order valence-electron chi connectivity index (χ3n) is 2.25. The molecular weight excluding hydrogens is 284 g/mol. The molecule has 0 spiro atoms. The zero-order valence-electron chi connectivity index (χ0n) is 10.7. The number of sulfone groups is 1. The highest BCUT2D eigenvalue weighted by atomic mass is 32.2. The van der Waals surface area contributed by atoms with Gasteiger partial charge in [0.2, 0.25) is 5.89 Å². The SMILES string of the molecule is Cc1cccc(SCc2nc(CS(C)(=O)=O)no2)c1. The van der Waals surface area contributed by atoms with E-state index >= 15 is 0 Å². The Hall–Kier alpha value is -1.34. The van der Waals surface area contributed by atoms with Crippen molar-refractivity contribution in [3.8, 4) is 0 Å². The lowest BCUT2D eigenvalue weighted by molar-refractivity contribution is 0.386. The minimum Gasteiger partial charge on any atom is -0.338 e. The molecule has 5 nitrogen and oxygen atoms in total. The first-order chi connectivity index (χ1) is 8.92. The minimum absolute atomic E-state index is 0.189. The van der Waals surface area contributed by atoms with Crippen molar-refractivity contribution in [1.82, 2.24) is 10.1 Å². The van der Waals surface area contributed by atoms with Gasteiger partial charge in [-0.25, -0.2) is 8.42 Å². The third-order valence-corrected chi connectivity index (χ3v) is 4.01. The molecule has 1 aromatic carbocycles. The Kier molecular flexibility index (Phi) is 4.26. The summed E-state index contributed by atoms with van der Waals surface area (Å²) in [5.74, 6) is 0.985. The highest BCUT2D eigenvalue weighted by molar-refractivity contribution is 7.98. The molecule has 1 heterocycles. The van der Waals surface area contributed by atoms with E-state index in [1.54, 1.807) is 11.8 Å². The number of thioether (sulfide) groups is 1. The molecular formula is C12H14N2O3S2. The second-order valence-corrected chi connectivity index (χ2v) is 7.47. The second-order valence-electron chi connectivity index (χ2n) is 4.28. The van der Waals surface area contributed by atoms with Gasteiger partial charge < -0.3 is 4.52 Å². The molecule has 7 heteroatoms. The summed E-state index contributed by atoms with van der Waals surface area (Å²) in [4.78, 5) is 5.17. The van der Waals surface area contributed by atoms with Crippen molar-refractivity contribution < 1.29 is 12.9 Å². The highest BCUT2D eigenvalue weighted by Gasteiger charge is 2.12. The predicted octanol–water partition coefficient (Wildman–Crippen LogP) is 2.21. The van der Waals surface area contributed by atoms with Gasteiger partial charge >= 0.3 is 0 Å². The summed E-state index contributed by atoms with van der Waals surface area (Å²) in [6, 6.07) is 8.09. The summed E-state index contributed by atoms with van der Waals surface area (Å²) < 4.78 is 27.2. The molecule has 0 aliphatic rings. The van der Waals surface area contributed by atoms with Gasteiger partial charge in [-0.15, -0.1) is 11.8 Å².